The quantitative estimate of drug-likeness (QED) is 0.325. The second-order valence-corrected chi connectivity index (χ2v) is 11.0. The van der Waals surface area contributed by atoms with Crippen molar-refractivity contribution < 1.29 is 9.90 Å². The number of rotatable bonds is 13. The van der Waals surface area contributed by atoms with Crippen LogP contribution in [0.3, 0.4) is 0 Å². The molecule has 0 atom stereocenters. The summed E-state index contributed by atoms with van der Waals surface area (Å²) < 4.78 is 0.854. The molecule has 1 aromatic heterocycles. The summed E-state index contributed by atoms with van der Waals surface area (Å²) in [5.74, 6) is -0.136. The van der Waals surface area contributed by atoms with E-state index in [0.29, 0.717) is 24.5 Å². The Bertz CT molecular complexity index is 1200. The van der Waals surface area contributed by atoms with Gasteiger partial charge in [0.1, 0.15) is 11.3 Å². The number of nitrogens with one attached hydrogen (secondary N) is 1. The molecule has 2 aromatic carbocycles. The van der Waals surface area contributed by atoms with Gasteiger partial charge in [0.2, 0.25) is 5.91 Å². The molecule has 36 heavy (non-hydrogen) atoms. The summed E-state index contributed by atoms with van der Waals surface area (Å²) in [5.41, 5.74) is 9.68. The van der Waals surface area contributed by atoms with Crippen LogP contribution in [-0.4, -0.2) is 64.6 Å². The van der Waals surface area contributed by atoms with Gasteiger partial charge in [-0.25, -0.2) is 0 Å². The highest BCUT2D eigenvalue weighted by Gasteiger charge is 2.23. The Morgan fingerprint density at radius 3 is 2.50 bits per heavy atom. The van der Waals surface area contributed by atoms with E-state index in [4.69, 9.17) is 5.73 Å². The fourth-order valence-electron chi connectivity index (χ4n) is 5.20. The lowest BCUT2D eigenvalue weighted by atomic mass is 10.1. The number of thiazole rings is 1. The molecule has 0 saturated heterocycles. The molecule has 0 aliphatic heterocycles. The Balaban J connectivity index is 1.41. The monoisotopic (exact) mass is 510 g/mol. The van der Waals surface area contributed by atoms with Crippen LogP contribution in [0.4, 0.5) is 0 Å². The van der Waals surface area contributed by atoms with E-state index in [9.17, 15) is 14.7 Å². The number of fused-ring (bicyclic) bond motifs is 1. The number of benzene rings is 2. The van der Waals surface area contributed by atoms with Crippen LogP contribution in [0, 0.1) is 6.92 Å². The van der Waals surface area contributed by atoms with E-state index < -0.39 is 0 Å². The number of amides is 1. The van der Waals surface area contributed by atoms with E-state index in [1.54, 1.807) is 6.07 Å². The number of aryl methyl sites for hydroxylation is 1. The Morgan fingerprint density at radius 2 is 1.78 bits per heavy atom. The molecule has 1 aliphatic rings. The lowest BCUT2D eigenvalue weighted by molar-refractivity contribution is -0.118. The molecule has 0 spiro atoms. The van der Waals surface area contributed by atoms with Gasteiger partial charge in [-0.3, -0.25) is 14.5 Å². The second kappa shape index (κ2) is 12.5. The molecule has 1 aliphatic carbocycles. The number of nitrogens with zero attached hydrogens (tertiary/aromatic N) is 2. The van der Waals surface area contributed by atoms with Gasteiger partial charge in [-0.2, -0.15) is 0 Å². The highest BCUT2D eigenvalue weighted by atomic mass is 32.1. The largest absolute Gasteiger partial charge is 0.506 e. The average Bonchev–Trinajstić information content (AvgIpc) is 3.52. The first kappa shape index (κ1) is 26.4. The molecule has 3 aromatic rings. The number of H-pyrrole nitrogens is 1. The summed E-state index contributed by atoms with van der Waals surface area (Å²) in [5, 5.41) is 10.1. The fraction of sp³-hybridized carbons (Fsp3) is 0.500. The van der Waals surface area contributed by atoms with Crippen molar-refractivity contribution in [1.29, 1.82) is 0 Å². The number of aromatic amines is 1. The molecule has 1 heterocycles. The van der Waals surface area contributed by atoms with Crippen molar-refractivity contribution in [2.75, 3.05) is 32.7 Å². The summed E-state index contributed by atoms with van der Waals surface area (Å²) in [6.45, 7) is 6.39. The predicted molar refractivity (Wildman–Crippen MR) is 147 cm³/mol. The topological polar surface area (TPSA) is 103 Å². The summed E-state index contributed by atoms with van der Waals surface area (Å²) >= 11 is 1.17. The maximum atomic E-state index is 11.9. The lowest BCUT2D eigenvalue weighted by Crippen LogP contribution is -2.42. The number of hydrogen-bond donors (Lipinski definition) is 3. The van der Waals surface area contributed by atoms with E-state index in [2.05, 4.69) is 46.0 Å². The third-order valence-electron chi connectivity index (χ3n) is 7.36. The highest BCUT2D eigenvalue weighted by Crippen LogP contribution is 2.29. The van der Waals surface area contributed by atoms with Crippen molar-refractivity contribution >= 4 is 27.5 Å². The minimum Gasteiger partial charge on any atom is -0.506 e. The fourth-order valence-corrected chi connectivity index (χ4v) is 6.09. The molecule has 1 saturated carbocycles. The van der Waals surface area contributed by atoms with Gasteiger partial charge >= 0.3 is 4.87 Å². The summed E-state index contributed by atoms with van der Waals surface area (Å²) in [4.78, 5) is 31.0. The first-order valence-corrected chi connectivity index (χ1v) is 13.8. The molecule has 0 radical (unpaired) electrons. The number of phenolic OH excluding ortho intramolecular Hbond substituents is 1. The molecular formula is C28H38N4O3S. The molecule has 8 heteroatoms. The first-order valence-electron chi connectivity index (χ1n) is 13.0. The van der Waals surface area contributed by atoms with E-state index in [-0.39, 0.29) is 16.5 Å². The van der Waals surface area contributed by atoms with Gasteiger partial charge in [0.05, 0.1) is 4.70 Å². The second-order valence-electron chi connectivity index (χ2n) is 9.98. The van der Waals surface area contributed by atoms with Crippen molar-refractivity contribution in [3.63, 3.8) is 0 Å². The van der Waals surface area contributed by atoms with Crippen LogP contribution < -0.4 is 10.6 Å². The number of aromatic nitrogens is 1. The SMILES string of the molecule is Cc1ccc(CCN(CCC(N)=O)CCN(CCc2ccc(O)c3[nH]c(=O)sc23)C2CCCC2)cc1. The number of carbonyl (C=O) groups excluding carboxylic acids is 1. The zero-order valence-corrected chi connectivity index (χ0v) is 22.0. The Labute approximate surface area is 216 Å². The van der Waals surface area contributed by atoms with Crippen LogP contribution in [0.25, 0.3) is 10.2 Å². The van der Waals surface area contributed by atoms with Crippen molar-refractivity contribution in [2.45, 2.75) is 57.9 Å². The van der Waals surface area contributed by atoms with E-state index in [0.717, 1.165) is 49.3 Å². The Hall–Kier alpha value is -2.68. The van der Waals surface area contributed by atoms with Crippen LogP contribution in [0.2, 0.25) is 0 Å². The number of aromatic hydroxyl groups is 1. The van der Waals surface area contributed by atoms with Crippen LogP contribution in [0.5, 0.6) is 5.75 Å². The van der Waals surface area contributed by atoms with Gasteiger partial charge in [-0.15, -0.1) is 0 Å². The van der Waals surface area contributed by atoms with E-state index >= 15 is 0 Å². The zero-order valence-electron chi connectivity index (χ0n) is 21.2. The molecular weight excluding hydrogens is 472 g/mol. The minimum atomic E-state index is -0.259. The van der Waals surface area contributed by atoms with Crippen LogP contribution >= 0.6 is 11.3 Å². The third kappa shape index (κ3) is 7.18. The van der Waals surface area contributed by atoms with Gasteiger partial charge in [-0.05, 0) is 49.8 Å². The zero-order chi connectivity index (χ0) is 25.5. The van der Waals surface area contributed by atoms with E-state index in [1.165, 1.54) is 48.1 Å². The predicted octanol–water partition coefficient (Wildman–Crippen LogP) is 3.81. The number of phenols is 1. The van der Waals surface area contributed by atoms with Gasteiger partial charge in [-0.1, -0.05) is 60.1 Å². The normalized spacial score (nSPS) is 14.4. The van der Waals surface area contributed by atoms with Gasteiger partial charge in [0, 0.05) is 45.2 Å². The smallest absolute Gasteiger partial charge is 0.305 e. The molecule has 1 amide bonds. The molecule has 0 unspecified atom stereocenters. The summed E-state index contributed by atoms with van der Waals surface area (Å²) in [6, 6.07) is 12.8. The molecule has 4 N–H and O–H groups in total. The van der Waals surface area contributed by atoms with Gasteiger partial charge < -0.3 is 20.7 Å². The Kier molecular flexibility index (Phi) is 9.18. The minimum absolute atomic E-state index is 0.124. The highest BCUT2D eigenvalue weighted by molar-refractivity contribution is 7.16. The Morgan fingerprint density at radius 1 is 1.03 bits per heavy atom. The van der Waals surface area contributed by atoms with Crippen LogP contribution in [-0.2, 0) is 17.6 Å². The van der Waals surface area contributed by atoms with Crippen molar-refractivity contribution in [2.24, 2.45) is 5.73 Å². The average molecular weight is 511 g/mol. The van der Waals surface area contributed by atoms with Crippen molar-refractivity contribution in [3.05, 3.63) is 62.8 Å². The standard InChI is InChI=1S/C28H38N4O3S/c1-20-6-8-21(9-7-20)12-15-31(16-14-25(29)34)18-19-32(23-4-2-3-5-23)17-13-22-10-11-24(33)26-27(22)36-28(35)30-26/h6-11,23,33H,2-5,12-19H2,1H3,(H2,29,34)(H,30,35). The van der Waals surface area contributed by atoms with Crippen molar-refractivity contribution in [3.8, 4) is 5.75 Å². The first-order chi connectivity index (χ1) is 17.4. The molecule has 1 fully saturated rings. The number of carbonyl (C=O) groups is 1. The molecule has 4 rings (SSSR count). The summed E-state index contributed by atoms with van der Waals surface area (Å²) in [7, 11) is 0. The van der Waals surface area contributed by atoms with Gasteiger partial charge in [0.25, 0.3) is 0 Å². The summed E-state index contributed by atoms with van der Waals surface area (Å²) in [6.07, 6.45) is 7.10. The maximum absolute atomic E-state index is 11.9. The van der Waals surface area contributed by atoms with Gasteiger partial charge in [0.15, 0.2) is 0 Å². The maximum Gasteiger partial charge on any atom is 0.305 e. The van der Waals surface area contributed by atoms with Crippen molar-refractivity contribution in [1.82, 2.24) is 14.8 Å². The number of primary amides is 1. The van der Waals surface area contributed by atoms with E-state index in [1.807, 2.05) is 6.07 Å². The lowest BCUT2D eigenvalue weighted by Gasteiger charge is -2.32. The van der Waals surface area contributed by atoms with Crippen LogP contribution in [0.1, 0.15) is 48.8 Å². The molecule has 194 valence electrons. The number of nitrogens with two attached hydrogens (primary N) is 1. The molecule has 7 nitrogen and oxygen atoms in total. The van der Waals surface area contributed by atoms with Crippen LogP contribution in [0.15, 0.2) is 41.2 Å². The third-order valence-corrected chi connectivity index (χ3v) is 8.32. The number of hydrogen-bond acceptors (Lipinski definition) is 6. The molecule has 0 bridgehead atoms.